The molecule has 1 aliphatic heterocycles. The van der Waals surface area contributed by atoms with Crippen molar-refractivity contribution in [1.29, 1.82) is 0 Å². The van der Waals surface area contributed by atoms with Crippen molar-refractivity contribution in [3.05, 3.63) is 35.1 Å². The van der Waals surface area contributed by atoms with E-state index in [2.05, 4.69) is 10.6 Å². The Hall–Kier alpha value is -2.44. The second-order valence-electron chi connectivity index (χ2n) is 4.46. The van der Waals surface area contributed by atoms with Gasteiger partial charge in [-0.1, -0.05) is 0 Å². The standard InChI is InChI=1S/C13H13FN2O4/c14-9-6-7(13(19)20)3-4-8(9)11(17)16-10-2-1-5-15-12(10)18/h3-4,6,10H,1-2,5H2,(H,15,18)(H,16,17)(H,19,20). The van der Waals surface area contributed by atoms with Gasteiger partial charge in [-0.15, -0.1) is 0 Å². The van der Waals surface area contributed by atoms with Gasteiger partial charge in [-0.2, -0.15) is 0 Å². The van der Waals surface area contributed by atoms with E-state index in [1.807, 2.05) is 0 Å². The zero-order valence-corrected chi connectivity index (χ0v) is 10.5. The summed E-state index contributed by atoms with van der Waals surface area (Å²) in [6.45, 7) is 0.562. The average Bonchev–Trinajstić information content (AvgIpc) is 2.41. The van der Waals surface area contributed by atoms with Crippen LogP contribution in [-0.4, -0.2) is 35.5 Å². The number of nitrogens with one attached hydrogen (secondary N) is 2. The number of rotatable bonds is 3. The molecule has 1 aromatic carbocycles. The van der Waals surface area contributed by atoms with Crippen molar-refractivity contribution in [2.75, 3.05) is 6.54 Å². The van der Waals surface area contributed by atoms with Crippen molar-refractivity contribution >= 4 is 17.8 Å². The van der Waals surface area contributed by atoms with Crippen molar-refractivity contribution in [3.8, 4) is 0 Å². The van der Waals surface area contributed by atoms with Gasteiger partial charge < -0.3 is 15.7 Å². The molecular weight excluding hydrogens is 267 g/mol. The number of carbonyl (C=O) groups excluding carboxylic acids is 2. The molecule has 2 rings (SSSR count). The second-order valence-corrected chi connectivity index (χ2v) is 4.46. The van der Waals surface area contributed by atoms with Crippen LogP contribution in [0.15, 0.2) is 18.2 Å². The summed E-state index contributed by atoms with van der Waals surface area (Å²) in [6.07, 6.45) is 1.23. The van der Waals surface area contributed by atoms with Crippen LogP contribution in [0.4, 0.5) is 4.39 Å². The van der Waals surface area contributed by atoms with Crippen LogP contribution < -0.4 is 10.6 Å². The molecule has 3 N–H and O–H groups in total. The Bertz CT molecular complexity index is 573. The van der Waals surface area contributed by atoms with E-state index in [0.717, 1.165) is 24.6 Å². The number of carboxylic acid groups (broad SMARTS) is 1. The van der Waals surface area contributed by atoms with E-state index in [-0.39, 0.29) is 17.0 Å². The monoisotopic (exact) mass is 280 g/mol. The van der Waals surface area contributed by atoms with Gasteiger partial charge in [0.05, 0.1) is 11.1 Å². The minimum absolute atomic E-state index is 0.241. The van der Waals surface area contributed by atoms with Crippen LogP contribution in [0.2, 0.25) is 0 Å². The van der Waals surface area contributed by atoms with Gasteiger partial charge in [0.2, 0.25) is 5.91 Å². The van der Waals surface area contributed by atoms with Gasteiger partial charge in [-0.25, -0.2) is 9.18 Å². The Morgan fingerprint density at radius 2 is 2.15 bits per heavy atom. The molecule has 0 saturated carbocycles. The van der Waals surface area contributed by atoms with Crippen LogP contribution >= 0.6 is 0 Å². The molecule has 2 amide bonds. The number of piperidine rings is 1. The molecule has 1 aliphatic rings. The lowest BCUT2D eigenvalue weighted by Crippen LogP contribution is -2.50. The van der Waals surface area contributed by atoms with Gasteiger partial charge in [-0.3, -0.25) is 9.59 Å². The molecule has 0 aromatic heterocycles. The minimum atomic E-state index is -1.28. The number of benzene rings is 1. The molecule has 1 heterocycles. The summed E-state index contributed by atoms with van der Waals surface area (Å²) in [6, 6.07) is 2.32. The van der Waals surface area contributed by atoms with E-state index in [9.17, 15) is 18.8 Å². The van der Waals surface area contributed by atoms with E-state index in [1.165, 1.54) is 0 Å². The van der Waals surface area contributed by atoms with E-state index in [0.29, 0.717) is 13.0 Å². The highest BCUT2D eigenvalue weighted by atomic mass is 19.1. The largest absolute Gasteiger partial charge is 0.478 e. The van der Waals surface area contributed by atoms with E-state index in [1.54, 1.807) is 0 Å². The molecule has 0 spiro atoms. The molecule has 1 aromatic rings. The molecule has 7 heteroatoms. The van der Waals surface area contributed by atoms with Crippen LogP contribution in [0, 0.1) is 5.82 Å². The van der Waals surface area contributed by atoms with E-state index < -0.39 is 23.7 Å². The maximum atomic E-state index is 13.7. The molecule has 20 heavy (non-hydrogen) atoms. The molecule has 0 aliphatic carbocycles. The quantitative estimate of drug-likeness (QED) is 0.752. The predicted molar refractivity (Wildman–Crippen MR) is 66.9 cm³/mol. The Kier molecular flexibility index (Phi) is 3.97. The van der Waals surface area contributed by atoms with Crippen LogP contribution in [0.5, 0.6) is 0 Å². The fourth-order valence-electron chi connectivity index (χ4n) is 1.98. The van der Waals surface area contributed by atoms with Gasteiger partial charge in [0, 0.05) is 6.54 Å². The predicted octanol–water partition coefficient (Wildman–Crippen LogP) is 0.532. The summed E-state index contributed by atoms with van der Waals surface area (Å²) in [5.41, 5.74) is -0.525. The maximum Gasteiger partial charge on any atom is 0.335 e. The first kappa shape index (κ1) is 14.0. The number of carbonyl (C=O) groups is 3. The number of carboxylic acids is 1. The van der Waals surface area contributed by atoms with E-state index >= 15 is 0 Å². The Morgan fingerprint density at radius 1 is 1.40 bits per heavy atom. The first-order chi connectivity index (χ1) is 9.49. The Balaban J connectivity index is 2.13. The average molecular weight is 280 g/mol. The molecule has 1 unspecified atom stereocenters. The highest BCUT2D eigenvalue weighted by molar-refractivity contribution is 5.98. The lowest BCUT2D eigenvalue weighted by Gasteiger charge is -2.22. The first-order valence-electron chi connectivity index (χ1n) is 6.10. The summed E-state index contributed by atoms with van der Waals surface area (Å²) < 4.78 is 13.7. The number of halogens is 1. The topological polar surface area (TPSA) is 95.5 Å². The third-order valence-corrected chi connectivity index (χ3v) is 3.05. The van der Waals surface area contributed by atoms with Crippen molar-refractivity contribution < 1.29 is 23.9 Å². The highest BCUT2D eigenvalue weighted by Crippen LogP contribution is 2.12. The molecule has 0 bridgehead atoms. The number of hydrogen-bond donors (Lipinski definition) is 3. The number of hydrogen-bond acceptors (Lipinski definition) is 3. The lowest BCUT2D eigenvalue weighted by molar-refractivity contribution is -0.124. The molecule has 1 saturated heterocycles. The Labute approximate surface area is 114 Å². The smallest absolute Gasteiger partial charge is 0.335 e. The van der Waals surface area contributed by atoms with Crippen LogP contribution in [0.25, 0.3) is 0 Å². The maximum absolute atomic E-state index is 13.7. The summed E-state index contributed by atoms with van der Waals surface area (Å²) in [7, 11) is 0. The fourth-order valence-corrected chi connectivity index (χ4v) is 1.98. The molecular formula is C13H13FN2O4. The third kappa shape index (κ3) is 2.93. The van der Waals surface area contributed by atoms with Gasteiger partial charge >= 0.3 is 5.97 Å². The lowest BCUT2D eigenvalue weighted by atomic mass is 10.1. The van der Waals surface area contributed by atoms with Crippen LogP contribution in [-0.2, 0) is 4.79 Å². The SMILES string of the molecule is O=C(O)c1ccc(C(=O)NC2CCCNC2=O)c(F)c1. The molecule has 1 fully saturated rings. The second kappa shape index (κ2) is 5.68. The van der Waals surface area contributed by atoms with Gasteiger partial charge in [0.15, 0.2) is 0 Å². The number of amides is 2. The van der Waals surface area contributed by atoms with Crippen molar-refractivity contribution in [1.82, 2.24) is 10.6 Å². The first-order valence-corrected chi connectivity index (χ1v) is 6.10. The van der Waals surface area contributed by atoms with Gasteiger partial charge in [0.25, 0.3) is 5.91 Å². The summed E-state index contributed by atoms with van der Waals surface area (Å²) in [5, 5.41) is 13.8. The minimum Gasteiger partial charge on any atom is -0.478 e. The Morgan fingerprint density at radius 3 is 2.75 bits per heavy atom. The fraction of sp³-hybridized carbons (Fsp3) is 0.308. The third-order valence-electron chi connectivity index (χ3n) is 3.05. The summed E-state index contributed by atoms with van der Waals surface area (Å²) >= 11 is 0. The van der Waals surface area contributed by atoms with Gasteiger partial charge in [-0.05, 0) is 31.0 Å². The summed E-state index contributed by atoms with van der Waals surface area (Å²) in [4.78, 5) is 34.0. The van der Waals surface area contributed by atoms with Crippen molar-refractivity contribution in [3.63, 3.8) is 0 Å². The van der Waals surface area contributed by atoms with Gasteiger partial charge in [0.1, 0.15) is 11.9 Å². The number of aromatic carboxylic acids is 1. The van der Waals surface area contributed by atoms with Crippen molar-refractivity contribution in [2.45, 2.75) is 18.9 Å². The van der Waals surface area contributed by atoms with Crippen LogP contribution in [0.3, 0.4) is 0 Å². The van der Waals surface area contributed by atoms with Crippen LogP contribution in [0.1, 0.15) is 33.6 Å². The zero-order chi connectivity index (χ0) is 14.7. The summed E-state index contributed by atoms with van der Waals surface area (Å²) in [5.74, 6) is -3.24. The van der Waals surface area contributed by atoms with Crippen molar-refractivity contribution in [2.24, 2.45) is 0 Å². The normalized spacial score (nSPS) is 18.2. The molecule has 6 nitrogen and oxygen atoms in total. The molecule has 1 atom stereocenters. The van der Waals surface area contributed by atoms with E-state index in [4.69, 9.17) is 5.11 Å². The molecule has 0 radical (unpaired) electrons. The molecule has 106 valence electrons. The zero-order valence-electron chi connectivity index (χ0n) is 10.5. The highest BCUT2D eigenvalue weighted by Gasteiger charge is 2.25.